The lowest BCUT2D eigenvalue weighted by molar-refractivity contribution is -0.117. The highest BCUT2D eigenvalue weighted by molar-refractivity contribution is 6.31. The van der Waals surface area contributed by atoms with E-state index in [0.29, 0.717) is 18.1 Å². The number of amides is 1. The maximum atomic E-state index is 12.1. The number of β-amino-alcohol motifs (C(OH)–C–C–N with tert-alkyl or cyclic N) is 1. The number of rotatable bonds is 5. The number of carbonyl (C=O) groups is 1. The van der Waals surface area contributed by atoms with E-state index in [9.17, 15) is 4.79 Å². The fourth-order valence-electron chi connectivity index (χ4n) is 2.43. The summed E-state index contributed by atoms with van der Waals surface area (Å²) < 4.78 is 0. The van der Waals surface area contributed by atoms with E-state index in [0.717, 1.165) is 37.4 Å². The van der Waals surface area contributed by atoms with Crippen molar-refractivity contribution in [3.8, 4) is 0 Å². The molecular weight excluding hydrogens is 290 g/mol. The molecule has 1 aliphatic rings. The van der Waals surface area contributed by atoms with Crippen molar-refractivity contribution in [2.24, 2.45) is 0 Å². The van der Waals surface area contributed by atoms with Gasteiger partial charge in [0.1, 0.15) is 0 Å². The highest BCUT2D eigenvalue weighted by Crippen LogP contribution is 2.20. The minimum Gasteiger partial charge on any atom is -0.395 e. The Bertz CT molecular complexity index is 488. The number of hydrogen-bond donors (Lipinski definition) is 2. The summed E-state index contributed by atoms with van der Waals surface area (Å²) in [6.07, 6.45) is 0. The number of aryl methyl sites for hydroxylation is 1. The van der Waals surface area contributed by atoms with E-state index < -0.39 is 0 Å². The molecule has 1 aliphatic heterocycles. The van der Waals surface area contributed by atoms with Crippen LogP contribution in [0.25, 0.3) is 0 Å². The van der Waals surface area contributed by atoms with Crippen LogP contribution >= 0.6 is 11.6 Å². The van der Waals surface area contributed by atoms with E-state index in [1.165, 1.54) is 0 Å². The molecule has 0 saturated carbocycles. The second-order valence-corrected chi connectivity index (χ2v) is 5.79. The van der Waals surface area contributed by atoms with Crippen LogP contribution in [0.1, 0.15) is 5.56 Å². The maximum Gasteiger partial charge on any atom is 0.238 e. The molecule has 5 nitrogen and oxygen atoms in total. The number of aliphatic hydroxyl groups is 1. The summed E-state index contributed by atoms with van der Waals surface area (Å²) in [5, 5.41) is 12.4. The highest BCUT2D eigenvalue weighted by atomic mass is 35.5. The fraction of sp³-hybridized carbons (Fsp3) is 0.533. The summed E-state index contributed by atoms with van der Waals surface area (Å²) in [6, 6.07) is 5.48. The summed E-state index contributed by atoms with van der Waals surface area (Å²) in [6.45, 7) is 6.72. The number of piperazine rings is 1. The number of nitrogens with one attached hydrogen (secondary N) is 1. The predicted molar refractivity (Wildman–Crippen MR) is 84.8 cm³/mol. The molecule has 0 atom stereocenters. The van der Waals surface area contributed by atoms with Crippen LogP contribution in [-0.4, -0.2) is 66.7 Å². The van der Waals surface area contributed by atoms with Gasteiger partial charge in [0.2, 0.25) is 5.91 Å². The Labute approximate surface area is 130 Å². The smallest absolute Gasteiger partial charge is 0.238 e. The van der Waals surface area contributed by atoms with E-state index in [4.69, 9.17) is 16.7 Å². The van der Waals surface area contributed by atoms with E-state index in [-0.39, 0.29) is 12.5 Å². The molecule has 0 bridgehead atoms. The molecule has 1 aromatic carbocycles. The van der Waals surface area contributed by atoms with Gasteiger partial charge in [-0.25, -0.2) is 0 Å². The largest absolute Gasteiger partial charge is 0.395 e. The first kappa shape index (κ1) is 16.2. The molecule has 1 saturated heterocycles. The third-order valence-corrected chi connectivity index (χ3v) is 3.96. The lowest BCUT2D eigenvalue weighted by atomic mass is 10.2. The lowest BCUT2D eigenvalue weighted by Crippen LogP contribution is -2.49. The zero-order valence-corrected chi connectivity index (χ0v) is 13.1. The van der Waals surface area contributed by atoms with E-state index in [1.54, 1.807) is 6.07 Å². The summed E-state index contributed by atoms with van der Waals surface area (Å²) in [7, 11) is 0. The third kappa shape index (κ3) is 4.97. The molecule has 6 heteroatoms. The van der Waals surface area contributed by atoms with E-state index >= 15 is 0 Å². The van der Waals surface area contributed by atoms with Crippen molar-refractivity contribution in [3.63, 3.8) is 0 Å². The molecule has 2 rings (SSSR count). The number of halogens is 1. The SMILES string of the molecule is Cc1ccc(Cl)cc1NC(=O)CN1CCN(CCO)CC1. The van der Waals surface area contributed by atoms with Gasteiger partial charge in [-0.2, -0.15) is 0 Å². The van der Waals surface area contributed by atoms with E-state index in [1.807, 2.05) is 19.1 Å². The summed E-state index contributed by atoms with van der Waals surface area (Å²) in [4.78, 5) is 16.4. The topological polar surface area (TPSA) is 55.8 Å². The monoisotopic (exact) mass is 311 g/mol. The average Bonchev–Trinajstić information content (AvgIpc) is 2.45. The Morgan fingerprint density at radius 2 is 1.95 bits per heavy atom. The minimum absolute atomic E-state index is 0.0176. The normalized spacial score (nSPS) is 16.9. The molecule has 0 spiro atoms. The molecule has 0 aliphatic carbocycles. The molecule has 1 fully saturated rings. The lowest BCUT2D eigenvalue weighted by Gasteiger charge is -2.33. The average molecular weight is 312 g/mol. The standard InChI is InChI=1S/C15H22ClN3O2/c1-12-2-3-13(16)10-14(12)17-15(21)11-19-6-4-18(5-7-19)8-9-20/h2-3,10,20H,4-9,11H2,1H3,(H,17,21). The van der Waals surface area contributed by atoms with Gasteiger partial charge in [-0.15, -0.1) is 0 Å². The number of anilines is 1. The number of nitrogens with zero attached hydrogens (tertiary/aromatic N) is 2. The molecule has 0 radical (unpaired) electrons. The summed E-state index contributed by atoms with van der Waals surface area (Å²) in [5.74, 6) is -0.0176. The second-order valence-electron chi connectivity index (χ2n) is 5.35. The Balaban J connectivity index is 1.81. The predicted octanol–water partition coefficient (Wildman–Crippen LogP) is 1.20. The van der Waals surface area contributed by atoms with Gasteiger partial charge < -0.3 is 10.4 Å². The van der Waals surface area contributed by atoms with Crippen LogP contribution in [0, 0.1) is 6.92 Å². The van der Waals surface area contributed by atoms with Crippen LogP contribution in [-0.2, 0) is 4.79 Å². The van der Waals surface area contributed by atoms with Crippen LogP contribution in [0.15, 0.2) is 18.2 Å². The number of carbonyl (C=O) groups excluding carboxylic acids is 1. The third-order valence-electron chi connectivity index (χ3n) is 3.72. The van der Waals surface area contributed by atoms with Crippen molar-refractivity contribution in [2.45, 2.75) is 6.92 Å². The van der Waals surface area contributed by atoms with Crippen molar-refractivity contribution in [1.29, 1.82) is 0 Å². The molecule has 2 N–H and O–H groups in total. The molecule has 0 aromatic heterocycles. The van der Waals surface area contributed by atoms with Gasteiger partial charge in [0, 0.05) is 43.4 Å². The van der Waals surface area contributed by atoms with Gasteiger partial charge in [-0.3, -0.25) is 14.6 Å². The first-order valence-corrected chi connectivity index (χ1v) is 7.58. The number of aliphatic hydroxyl groups excluding tert-OH is 1. The second kappa shape index (κ2) is 7.75. The Morgan fingerprint density at radius 3 is 2.62 bits per heavy atom. The fourth-order valence-corrected chi connectivity index (χ4v) is 2.61. The maximum absolute atomic E-state index is 12.1. The van der Waals surface area contributed by atoms with Crippen LogP contribution in [0.3, 0.4) is 0 Å². The van der Waals surface area contributed by atoms with Gasteiger partial charge in [0.25, 0.3) is 0 Å². The van der Waals surface area contributed by atoms with Crippen molar-refractivity contribution in [2.75, 3.05) is 51.2 Å². The number of hydrogen-bond acceptors (Lipinski definition) is 4. The van der Waals surface area contributed by atoms with Crippen molar-refractivity contribution >= 4 is 23.2 Å². The summed E-state index contributed by atoms with van der Waals surface area (Å²) in [5.41, 5.74) is 1.77. The van der Waals surface area contributed by atoms with Crippen molar-refractivity contribution in [1.82, 2.24) is 9.80 Å². The molecule has 1 heterocycles. The zero-order chi connectivity index (χ0) is 15.2. The van der Waals surface area contributed by atoms with Gasteiger partial charge in [0.15, 0.2) is 0 Å². The molecule has 21 heavy (non-hydrogen) atoms. The van der Waals surface area contributed by atoms with Crippen LogP contribution < -0.4 is 5.32 Å². The number of benzene rings is 1. The molecule has 116 valence electrons. The van der Waals surface area contributed by atoms with Gasteiger partial charge in [0.05, 0.1) is 13.2 Å². The molecule has 1 aromatic rings. The van der Waals surface area contributed by atoms with Crippen LogP contribution in [0.2, 0.25) is 5.02 Å². The van der Waals surface area contributed by atoms with Crippen molar-refractivity contribution in [3.05, 3.63) is 28.8 Å². The molecule has 1 amide bonds. The quantitative estimate of drug-likeness (QED) is 0.858. The highest BCUT2D eigenvalue weighted by Gasteiger charge is 2.18. The minimum atomic E-state index is -0.0176. The molecule has 0 unspecified atom stereocenters. The molecular formula is C15H22ClN3O2. The van der Waals surface area contributed by atoms with Crippen LogP contribution in [0.5, 0.6) is 0 Å². The van der Waals surface area contributed by atoms with Crippen LogP contribution in [0.4, 0.5) is 5.69 Å². The first-order chi connectivity index (χ1) is 10.1. The van der Waals surface area contributed by atoms with Gasteiger partial charge in [-0.1, -0.05) is 17.7 Å². The first-order valence-electron chi connectivity index (χ1n) is 7.20. The summed E-state index contributed by atoms with van der Waals surface area (Å²) >= 11 is 5.95. The van der Waals surface area contributed by atoms with Crippen molar-refractivity contribution < 1.29 is 9.90 Å². The Hall–Kier alpha value is -1.14. The van der Waals surface area contributed by atoms with Gasteiger partial charge >= 0.3 is 0 Å². The zero-order valence-electron chi connectivity index (χ0n) is 12.3. The van der Waals surface area contributed by atoms with E-state index in [2.05, 4.69) is 15.1 Å². The Kier molecular flexibility index (Phi) is 5.99. The van der Waals surface area contributed by atoms with Gasteiger partial charge in [-0.05, 0) is 24.6 Å². The Morgan fingerprint density at radius 1 is 1.29 bits per heavy atom.